The predicted molar refractivity (Wildman–Crippen MR) is 36.8 cm³/mol. The van der Waals surface area contributed by atoms with Gasteiger partial charge in [-0.2, -0.15) is 5.11 Å². The van der Waals surface area contributed by atoms with Crippen molar-refractivity contribution in [3.05, 3.63) is 35.4 Å². The molecule has 0 N–H and O–H groups in total. The molecule has 0 amide bonds. The summed E-state index contributed by atoms with van der Waals surface area (Å²) in [6, 6.07) is 2.74. The minimum absolute atomic E-state index is 0.182. The molecule has 2 nitrogen and oxygen atoms in total. The van der Waals surface area contributed by atoms with Crippen molar-refractivity contribution >= 4 is 0 Å². The molecular formula is C8H7F2O2. The van der Waals surface area contributed by atoms with E-state index in [-0.39, 0.29) is 5.56 Å². The second kappa shape index (κ2) is 3.60. The van der Waals surface area contributed by atoms with E-state index in [0.717, 1.165) is 12.1 Å². The Kier molecular flexibility index (Phi) is 2.73. The lowest BCUT2D eigenvalue weighted by atomic mass is 10.2. The highest BCUT2D eigenvalue weighted by Crippen LogP contribution is 2.18. The minimum Gasteiger partial charge on any atom is -0.349 e. The Labute approximate surface area is 68.4 Å². The van der Waals surface area contributed by atoms with E-state index in [0.29, 0.717) is 6.07 Å². The lowest BCUT2D eigenvalue weighted by molar-refractivity contribution is -0.125. The van der Waals surface area contributed by atoms with Crippen LogP contribution < -0.4 is 0 Å². The van der Waals surface area contributed by atoms with Gasteiger partial charge in [-0.05, 0) is 12.1 Å². The van der Waals surface area contributed by atoms with Crippen LogP contribution in [0.5, 0.6) is 0 Å². The monoisotopic (exact) mass is 173 g/mol. The van der Waals surface area contributed by atoms with Gasteiger partial charge >= 0.3 is 0 Å². The quantitative estimate of drug-likeness (QED) is 0.629. The average molecular weight is 173 g/mol. The van der Waals surface area contributed by atoms with Crippen LogP contribution in [0.2, 0.25) is 0 Å². The first-order valence-corrected chi connectivity index (χ1v) is 3.28. The molecule has 1 aromatic carbocycles. The van der Waals surface area contributed by atoms with Crippen LogP contribution in [0.3, 0.4) is 0 Å². The van der Waals surface area contributed by atoms with E-state index in [2.05, 4.69) is 4.74 Å². The molecule has 1 rings (SSSR count). The van der Waals surface area contributed by atoms with Crippen molar-refractivity contribution < 1.29 is 18.6 Å². The highest BCUT2D eigenvalue weighted by atomic mass is 19.1. The van der Waals surface area contributed by atoms with Crippen molar-refractivity contribution in [2.75, 3.05) is 7.11 Å². The molecule has 0 aromatic heterocycles. The molecule has 1 aromatic rings. The summed E-state index contributed by atoms with van der Waals surface area (Å²) in [7, 11) is 1.17. The van der Waals surface area contributed by atoms with E-state index in [9.17, 15) is 13.9 Å². The summed E-state index contributed by atoms with van der Waals surface area (Å²) in [6.07, 6.45) is -1.59. The number of rotatable bonds is 2. The maximum absolute atomic E-state index is 12.8. The van der Waals surface area contributed by atoms with Gasteiger partial charge in [-0.25, -0.2) is 8.78 Å². The van der Waals surface area contributed by atoms with Crippen LogP contribution in [-0.4, -0.2) is 7.11 Å². The van der Waals surface area contributed by atoms with Crippen LogP contribution in [0.25, 0.3) is 0 Å². The highest BCUT2D eigenvalue weighted by molar-refractivity contribution is 5.19. The van der Waals surface area contributed by atoms with Gasteiger partial charge in [-0.15, -0.1) is 0 Å². The Morgan fingerprint density at radius 3 is 2.58 bits per heavy atom. The van der Waals surface area contributed by atoms with Crippen LogP contribution in [0.4, 0.5) is 8.78 Å². The molecule has 0 aliphatic heterocycles. The van der Waals surface area contributed by atoms with Crippen LogP contribution in [-0.2, 0) is 9.84 Å². The fraction of sp³-hybridized carbons (Fsp3) is 0.250. The number of hydrogen-bond donors (Lipinski definition) is 0. The molecule has 0 saturated carbocycles. The largest absolute Gasteiger partial charge is 0.349 e. The third-order valence-electron chi connectivity index (χ3n) is 1.43. The van der Waals surface area contributed by atoms with E-state index in [1.54, 1.807) is 0 Å². The topological polar surface area (TPSA) is 29.1 Å². The number of methoxy groups -OCH3 is 1. The Hall–Kier alpha value is -1.00. The van der Waals surface area contributed by atoms with E-state index in [1.807, 2.05) is 0 Å². The third-order valence-corrected chi connectivity index (χ3v) is 1.43. The molecule has 1 atom stereocenters. The molecule has 4 heteroatoms. The summed E-state index contributed by atoms with van der Waals surface area (Å²) in [4.78, 5) is 0. The SMILES string of the molecule is COC([O])c1ccc(F)cc1F. The molecule has 0 heterocycles. The predicted octanol–water partition coefficient (Wildman–Crippen LogP) is 2.04. The zero-order valence-corrected chi connectivity index (χ0v) is 6.38. The number of halogens is 2. The number of ether oxygens (including phenoxy) is 1. The van der Waals surface area contributed by atoms with E-state index in [4.69, 9.17) is 0 Å². The summed E-state index contributed by atoms with van der Waals surface area (Å²) in [5, 5.41) is 10.8. The van der Waals surface area contributed by atoms with Gasteiger partial charge in [0.1, 0.15) is 11.6 Å². The summed E-state index contributed by atoms with van der Waals surface area (Å²) in [5.41, 5.74) is -0.182. The maximum Gasteiger partial charge on any atom is 0.220 e. The lowest BCUT2D eigenvalue weighted by Gasteiger charge is -2.06. The number of benzene rings is 1. The van der Waals surface area contributed by atoms with Gasteiger partial charge in [-0.1, -0.05) is 0 Å². The van der Waals surface area contributed by atoms with Crippen molar-refractivity contribution in [2.45, 2.75) is 6.29 Å². The molecule has 65 valence electrons. The van der Waals surface area contributed by atoms with Gasteiger partial charge in [0.25, 0.3) is 0 Å². The van der Waals surface area contributed by atoms with E-state index < -0.39 is 17.9 Å². The molecule has 1 radical (unpaired) electrons. The van der Waals surface area contributed by atoms with Crippen LogP contribution in [0.1, 0.15) is 11.9 Å². The third kappa shape index (κ3) is 1.78. The lowest BCUT2D eigenvalue weighted by Crippen LogP contribution is -2.01. The minimum atomic E-state index is -1.59. The Morgan fingerprint density at radius 1 is 1.42 bits per heavy atom. The molecule has 0 spiro atoms. The van der Waals surface area contributed by atoms with Gasteiger partial charge < -0.3 is 4.74 Å². The first-order valence-electron chi connectivity index (χ1n) is 3.28. The zero-order chi connectivity index (χ0) is 9.14. The smallest absolute Gasteiger partial charge is 0.220 e. The normalized spacial score (nSPS) is 13.0. The van der Waals surface area contributed by atoms with Crippen molar-refractivity contribution in [2.24, 2.45) is 0 Å². The molecular weight excluding hydrogens is 166 g/mol. The van der Waals surface area contributed by atoms with Crippen molar-refractivity contribution in [1.29, 1.82) is 0 Å². The molecule has 12 heavy (non-hydrogen) atoms. The van der Waals surface area contributed by atoms with Gasteiger partial charge in [0.05, 0.1) is 0 Å². The Bertz CT molecular complexity index is 276. The summed E-state index contributed by atoms with van der Waals surface area (Å²) in [5.74, 6) is -1.59. The van der Waals surface area contributed by atoms with Crippen LogP contribution >= 0.6 is 0 Å². The summed E-state index contributed by atoms with van der Waals surface area (Å²) in [6.45, 7) is 0. The van der Waals surface area contributed by atoms with Crippen molar-refractivity contribution in [3.8, 4) is 0 Å². The van der Waals surface area contributed by atoms with Gasteiger partial charge in [0, 0.05) is 18.7 Å². The summed E-state index contributed by atoms with van der Waals surface area (Å²) < 4.78 is 29.4. The van der Waals surface area contributed by atoms with Gasteiger partial charge in [0.15, 0.2) is 0 Å². The fourth-order valence-electron chi connectivity index (χ4n) is 0.820. The molecule has 0 aliphatic carbocycles. The second-order valence-corrected chi connectivity index (χ2v) is 2.23. The first-order chi connectivity index (χ1) is 5.65. The molecule has 0 bridgehead atoms. The zero-order valence-electron chi connectivity index (χ0n) is 6.38. The average Bonchev–Trinajstić information content (AvgIpc) is 2.03. The van der Waals surface area contributed by atoms with Crippen LogP contribution in [0, 0.1) is 11.6 Å². The Morgan fingerprint density at radius 2 is 2.08 bits per heavy atom. The van der Waals surface area contributed by atoms with E-state index in [1.165, 1.54) is 7.11 Å². The molecule has 0 aliphatic rings. The Balaban J connectivity index is 3.01. The van der Waals surface area contributed by atoms with Gasteiger partial charge in [0.2, 0.25) is 6.29 Å². The van der Waals surface area contributed by atoms with E-state index >= 15 is 0 Å². The van der Waals surface area contributed by atoms with Crippen molar-refractivity contribution in [3.63, 3.8) is 0 Å². The number of hydrogen-bond acceptors (Lipinski definition) is 1. The molecule has 0 saturated heterocycles. The molecule has 0 fully saturated rings. The second-order valence-electron chi connectivity index (χ2n) is 2.23. The van der Waals surface area contributed by atoms with Crippen LogP contribution in [0.15, 0.2) is 18.2 Å². The molecule has 1 unspecified atom stereocenters. The fourth-order valence-corrected chi connectivity index (χ4v) is 0.820. The maximum atomic E-state index is 12.8. The van der Waals surface area contributed by atoms with Crippen molar-refractivity contribution in [1.82, 2.24) is 0 Å². The summed E-state index contributed by atoms with van der Waals surface area (Å²) >= 11 is 0. The first kappa shape index (κ1) is 9.09. The standard InChI is InChI=1S/C8H7F2O2/c1-12-8(11)6-3-2-5(9)4-7(6)10/h2-4,8H,1H3. The van der Waals surface area contributed by atoms with Gasteiger partial charge in [-0.3, -0.25) is 0 Å². The highest BCUT2D eigenvalue weighted by Gasteiger charge is 2.13.